The van der Waals surface area contributed by atoms with Gasteiger partial charge < -0.3 is 13.8 Å². The van der Waals surface area contributed by atoms with Crippen LogP contribution in [0, 0.1) is 6.92 Å². The lowest BCUT2D eigenvalue weighted by Crippen LogP contribution is -2.48. The van der Waals surface area contributed by atoms with Crippen LogP contribution in [-0.4, -0.2) is 72.5 Å². The molecule has 0 atom stereocenters. The lowest BCUT2D eigenvalue weighted by Gasteiger charge is -2.33. The van der Waals surface area contributed by atoms with Crippen LogP contribution < -0.4 is 0 Å². The van der Waals surface area contributed by atoms with E-state index in [1.807, 2.05) is 59.7 Å². The summed E-state index contributed by atoms with van der Waals surface area (Å²) in [6.07, 6.45) is 1.61. The van der Waals surface area contributed by atoms with Crippen LogP contribution in [0.4, 0.5) is 0 Å². The van der Waals surface area contributed by atoms with Crippen LogP contribution in [0.3, 0.4) is 0 Å². The molecule has 182 valence electrons. The van der Waals surface area contributed by atoms with Crippen LogP contribution in [0.15, 0.2) is 56.8 Å². The molecule has 0 radical (unpaired) electrons. The standard InChI is InChI=1S/C24H27N7O3S/c1-3-31-23(19-5-4-14-33-19)26-27-24(31)35-16-21(32)30-12-10-29(11-13-30)15-20-25-22(28-34-20)18-8-6-17(2)7-9-18/h4-9,14H,3,10-13,15-16H2,1-2H3. The van der Waals surface area contributed by atoms with Crippen LogP contribution in [-0.2, 0) is 17.9 Å². The van der Waals surface area contributed by atoms with Crippen molar-refractivity contribution in [3.05, 3.63) is 54.1 Å². The third-order valence-corrected chi connectivity index (χ3v) is 6.91. The number of piperazine rings is 1. The van der Waals surface area contributed by atoms with Gasteiger partial charge in [-0.3, -0.25) is 14.3 Å². The average Bonchev–Trinajstić information content (AvgIpc) is 3.64. The molecule has 10 nitrogen and oxygen atoms in total. The Bertz CT molecular complexity index is 1260. The zero-order chi connectivity index (χ0) is 24.2. The van der Waals surface area contributed by atoms with E-state index in [9.17, 15) is 4.79 Å². The fourth-order valence-electron chi connectivity index (χ4n) is 3.97. The molecule has 11 heteroatoms. The highest BCUT2D eigenvalue weighted by atomic mass is 32.2. The fourth-order valence-corrected chi connectivity index (χ4v) is 4.88. The summed E-state index contributed by atoms with van der Waals surface area (Å²) in [6.45, 7) is 8.17. The molecule has 3 aromatic heterocycles. The van der Waals surface area contributed by atoms with Gasteiger partial charge in [0.15, 0.2) is 16.7 Å². The molecule has 1 aliphatic heterocycles. The van der Waals surface area contributed by atoms with Crippen molar-refractivity contribution in [3.63, 3.8) is 0 Å². The Morgan fingerprint density at radius 2 is 1.89 bits per heavy atom. The zero-order valence-electron chi connectivity index (χ0n) is 19.8. The molecule has 0 spiro atoms. The lowest BCUT2D eigenvalue weighted by atomic mass is 10.1. The van der Waals surface area contributed by atoms with Crippen molar-refractivity contribution >= 4 is 17.7 Å². The van der Waals surface area contributed by atoms with Gasteiger partial charge in [0.05, 0.1) is 18.6 Å². The predicted octanol–water partition coefficient (Wildman–Crippen LogP) is 3.35. The quantitative estimate of drug-likeness (QED) is 0.342. The van der Waals surface area contributed by atoms with E-state index in [2.05, 4.69) is 25.2 Å². The topological polar surface area (TPSA) is 106 Å². The van der Waals surface area contributed by atoms with Gasteiger partial charge in [-0.15, -0.1) is 10.2 Å². The van der Waals surface area contributed by atoms with Gasteiger partial charge in [0.2, 0.25) is 17.6 Å². The number of hydrogen-bond acceptors (Lipinski definition) is 9. The number of thioether (sulfide) groups is 1. The molecule has 0 unspecified atom stereocenters. The largest absolute Gasteiger partial charge is 0.461 e. The van der Waals surface area contributed by atoms with Gasteiger partial charge in [-0.2, -0.15) is 4.98 Å². The van der Waals surface area contributed by atoms with E-state index in [1.54, 1.807) is 6.26 Å². The third-order valence-electron chi connectivity index (χ3n) is 5.96. The van der Waals surface area contributed by atoms with Crippen molar-refractivity contribution in [2.75, 3.05) is 31.9 Å². The van der Waals surface area contributed by atoms with E-state index in [0.29, 0.717) is 60.4 Å². The number of benzene rings is 1. The van der Waals surface area contributed by atoms with Crippen LogP contribution in [0.25, 0.3) is 23.0 Å². The van der Waals surface area contributed by atoms with E-state index >= 15 is 0 Å². The molecule has 1 saturated heterocycles. The van der Waals surface area contributed by atoms with Crippen LogP contribution in [0.1, 0.15) is 18.4 Å². The molecule has 0 bridgehead atoms. The predicted molar refractivity (Wildman–Crippen MR) is 130 cm³/mol. The molecule has 4 aromatic rings. The Kier molecular flexibility index (Phi) is 6.96. The monoisotopic (exact) mass is 493 g/mol. The summed E-state index contributed by atoms with van der Waals surface area (Å²) in [6, 6.07) is 11.7. The molecular formula is C24H27N7O3S. The molecule has 4 heterocycles. The molecule has 5 rings (SSSR count). The Morgan fingerprint density at radius 3 is 2.60 bits per heavy atom. The van der Waals surface area contributed by atoms with E-state index in [1.165, 1.54) is 17.3 Å². The van der Waals surface area contributed by atoms with Crippen molar-refractivity contribution in [1.82, 2.24) is 34.7 Å². The second kappa shape index (κ2) is 10.4. The van der Waals surface area contributed by atoms with Crippen LogP contribution in [0.2, 0.25) is 0 Å². The first kappa shape index (κ1) is 23.3. The minimum absolute atomic E-state index is 0.0966. The van der Waals surface area contributed by atoms with E-state index < -0.39 is 0 Å². The maximum absolute atomic E-state index is 12.8. The summed E-state index contributed by atoms with van der Waals surface area (Å²) in [4.78, 5) is 21.5. The molecule has 1 aromatic carbocycles. The number of furan rings is 1. The molecule has 0 saturated carbocycles. The van der Waals surface area contributed by atoms with Gasteiger partial charge in [-0.1, -0.05) is 46.7 Å². The third kappa shape index (κ3) is 5.30. The highest BCUT2D eigenvalue weighted by Crippen LogP contribution is 2.24. The fraction of sp³-hybridized carbons (Fsp3) is 0.375. The first-order valence-corrected chi connectivity index (χ1v) is 12.6. The molecule has 1 fully saturated rings. The maximum Gasteiger partial charge on any atom is 0.241 e. The summed E-state index contributed by atoms with van der Waals surface area (Å²) >= 11 is 1.41. The Morgan fingerprint density at radius 1 is 1.09 bits per heavy atom. The Balaban J connectivity index is 1.11. The molecule has 0 aliphatic carbocycles. The van der Waals surface area contributed by atoms with Gasteiger partial charge in [0.1, 0.15) is 0 Å². The minimum Gasteiger partial charge on any atom is -0.461 e. The number of rotatable bonds is 8. The molecular weight excluding hydrogens is 466 g/mol. The van der Waals surface area contributed by atoms with Gasteiger partial charge in [-0.05, 0) is 26.0 Å². The normalized spacial score (nSPS) is 14.5. The highest BCUT2D eigenvalue weighted by Gasteiger charge is 2.24. The number of carbonyl (C=O) groups is 1. The van der Waals surface area contributed by atoms with E-state index in [4.69, 9.17) is 8.94 Å². The van der Waals surface area contributed by atoms with E-state index in [-0.39, 0.29) is 5.91 Å². The number of aromatic nitrogens is 5. The summed E-state index contributed by atoms with van der Waals surface area (Å²) in [7, 11) is 0. The van der Waals surface area contributed by atoms with E-state index in [0.717, 1.165) is 18.7 Å². The van der Waals surface area contributed by atoms with Crippen molar-refractivity contribution in [2.24, 2.45) is 0 Å². The molecule has 1 aliphatic rings. The first-order chi connectivity index (χ1) is 17.1. The zero-order valence-corrected chi connectivity index (χ0v) is 20.6. The average molecular weight is 494 g/mol. The number of aryl methyl sites for hydroxylation is 1. The van der Waals surface area contributed by atoms with Gasteiger partial charge in [-0.25, -0.2) is 0 Å². The van der Waals surface area contributed by atoms with Crippen LogP contribution >= 0.6 is 11.8 Å². The second-order valence-corrected chi connectivity index (χ2v) is 9.29. The molecule has 35 heavy (non-hydrogen) atoms. The van der Waals surface area contributed by atoms with Gasteiger partial charge >= 0.3 is 0 Å². The minimum atomic E-state index is 0.0966. The van der Waals surface area contributed by atoms with Crippen molar-refractivity contribution in [1.29, 1.82) is 0 Å². The number of hydrogen-bond donors (Lipinski definition) is 0. The SMILES string of the molecule is CCn1c(SCC(=O)N2CCN(Cc3nc(-c4ccc(C)cc4)no3)CC2)nnc1-c1ccco1. The highest BCUT2D eigenvalue weighted by molar-refractivity contribution is 7.99. The van der Waals surface area contributed by atoms with Crippen LogP contribution in [0.5, 0.6) is 0 Å². The smallest absolute Gasteiger partial charge is 0.241 e. The number of nitrogens with zero attached hydrogens (tertiary/aromatic N) is 7. The molecule has 1 amide bonds. The number of amides is 1. The van der Waals surface area contributed by atoms with Crippen molar-refractivity contribution in [2.45, 2.75) is 32.1 Å². The summed E-state index contributed by atoms with van der Waals surface area (Å²) in [5.74, 6) is 2.94. The summed E-state index contributed by atoms with van der Waals surface area (Å²) in [5, 5.41) is 13.3. The van der Waals surface area contributed by atoms with Gasteiger partial charge in [0, 0.05) is 38.3 Å². The first-order valence-electron chi connectivity index (χ1n) is 11.6. The summed E-state index contributed by atoms with van der Waals surface area (Å²) < 4.78 is 12.9. The Labute approximate surface area is 207 Å². The number of carbonyl (C=O) groups excluding carboxylic acids is 1. The van der Waals surface area contributed by atoms with Crippen molar-refractivity contribution in [3.8, 4) is 23.0 Å². The van der Waals surface area contributed by atoms with Gasteiger partial charge in [0.25, 0.3) is 0 Å². The Hall–Kier alpha value is -3.44. The van der Waals surface area contributed by atoms with Crippen molar-refractivity contribution < 1.29 is 13.7 Å². The maximum atomic E-state index is 12.8. The second-order valence-electron chi connectivity index (χ2n) is 8.35. The summed E-state index contributed by atoms with van der Waals surface area (Å²) in [5.41, 5.74) is 2.13. The lowest BCUT2D eigenvalue weighted by molar-refractivity contribution is -0.130. The molecule has 0 N–H and O–H groups in total.